The number of hydrogen-bond donors (Lipinski definition) is 1. The van der Waals surface area contributed by atoms with Gasteiger partial charge in [-0.05, 0) is 30.5 Å². The van der Waals surface area contributed by atoms with Crippen LogP contribution in [0.3, 0.4) is 0 Å². The molecule has 0 aliphatic carbocycles. The van der Waals surface area contributed by atoms with E-state index in [1.165, 1.54) is 25.9 Å². The van der Waals surface area contributed by atoms with Crippen LogP contribution in [0.4, 0.5) is 0 Å². The molecule has 0 aromatic heterocycles. The Balaban J connectivity index is 1.87. The first-order valence-electron chi connectivity index (χ1n) is 7.52. The van der Waals surface area contributed by atoms with E-state index in [-0.39, 0.29) is 6.42 Å². The monoisotopic (exact) mass is 293 g/mol. The second-order valence-electron chi connectivity index (χ2n) is 5.41. The number of aliphatic carboxylic acids is 1. The molecular formula is C16H23NO4. The molecule has 1 aliphatic heterocycles. The Kier molecular flexibility index (Phi) is 5.87. The molecule has 116 valence electrons. The molecule has 1 aliphatic rings. The van der Waals surface area contributed by atoms with Crippen LogP contribution in [-0.4, -0.2) is 39.3 Å². The normalized spacial score (nSPS) is 15.1. The van der Waals surface area contributed by atoms with Gasteiger partial charge in [0, 0.05) is 18.8 Å². The number of methoxy groups -OCH3 is 1. The smallest absolute Gasteiger partial charge is 0.161 e. The summed E-state index contributed by atoms with van der Waals surface area (Å²) in [5.41, 5.74) is 0.911. The molecule has 5 heteroatoms. The van der Waals surface area contributed by atoms with E-state index in [1.54, 1.807) is 12.0 Å². The molecule has 0 spiro atoms. The van der Waals surface area contributed by atoms with Gasteiger partial charge in [-0.2, -0.15) is 0 Å². The van der Waals surface area contributed by atoms with E-state index >= 15 is 0 Å². The number of nitrogens with one attached hydrogen (secondary N) is 1. The Morgan fingerprint density at radius 3 is 2.71 bits per heavy atom. The summed E-state index contributed by atoms with van der Waals surface area (Å²) in [6, 6.07) is 5.56. The van der Waals surface area contributed by atoms with Crippen LogP contribution in [-0.2, 0) is 11.2 Å². The zero-order chi connectivity index (χ0) is 15.1. The van der Waals surface area contributed by atoms with E-state index in [1.807, 2.05) is 18.2 Å². The van der Waals surface area contributed by atoms with Crippen molar-refractivity contribution in [1.82, 2.24) is 0 Å². The van der Waals surface area contributed by atoms with Crippen molar-refractivity contribution in [3.63, 3.8) is 0 Å². The number of aryl methyl sites for hydroxylation is 1. The zero-order valence-electron chi connectivity index (χ0n) is 12.5. The molecule has 0 bridgehead atoms. The van der Waals surface area contributed by atoms with E-state index in [4.69, 9.17) is 9.47 Å². The Morgan fingerprint density at radius 2 is 2.05 bits per heavy atom. The summed E-state index contributed by atoms with van der Waals surface area (Å²) in [7, 11) is 1.59. The second-order valence-corrected chi connectivity index (χ2v) is 5.41. The fraction of sp³-hybridized carbons (Fsp3) is 0.562. The third kappa shape index (κ3) is 4.93. The predicted octanol–water partition coefficient (Wildman–Crippen LogP) is -0.565. The summed E-state index contributed by atoms with van der Waals surface area (Å²) in [5, 5.41) is 10.5. The first kappa shape index (κ1) is 15.6. The highest BCUT2D eigenvalue weighted by Crippen LogP contribution is 2.28. The number of benzene rings is 1. The molecule has 0 amide bonds. The highest BCUT2D eigenvalue weighted by molar-refractivity contribution is 5.64. The zero-order valence-corrected chi connectivity index (χ0v) is 12.5. The number of carboxylic acids is 1. The fourth-order valence-corrected chi connectivity index (χ4v) is 2.66. The number of quaternary nitrogens is 1. The molecule has 1 N–H and O–H groups in total. The van der Waals surface area contributed by atoms with Crippen LogP contribution in [0.5, 0.6) is 11.5 Å². The summed E-state index contributed by atoms with van der Waals surface area (Å²) in [6.07, 6.45) is 3.08. The maximum Gasteiger partial charge on any atom is 0.161 e. The van der Waals surface area contributed by atoms with Gasteiger partial charge in [-0.15, -0.1) is 0 Å². The fourth-order valence-electron chi connectivity index (χ4n) is 2.66. The van der Waals surface area contributed by atoms with Crippen LogP contribution in [0, 0.1) is 0 Å². The lowest BCUT2D eigenvalue weighted by Gasteiger charge is -2.15. The number of likely N-dealkylation sites (tertiary alicyclic amines) is 1. The van der Waals surface area contributed by atoms with Gasteiger partial charge < -0.3 is 24.3 Å². The summed E-state index contributed by atoms with van der Waals surface area (Å²) < 4.78 is 11.1. The lowest BCUT2D eigenvalue weighted by molar-refractivity contribution is -0.887. The number of carboxylic acid groups (broad SMARTS) is 1. The summed E-state index contributed by atoms with van der Waals surface area (Å²) >= 11 is 0. The van der Waals surface area contributed by atoms with Gasteiger partial charge in [0.15, 0.2) is 11.5 Å². The van der Waals surface area contributed by atoms with Crippen LogP contribution in [0.1, 0.15) is 24.8 Å². The Labute approximate surface area is 125 Å². The molecule has 1 aromatic rings. The van der Waals surface area contributed by atoms with E-state index < -0.39 is 5.97 Å². The van der Waals surface area contributed by atoms with Crippen molar-refractivity contribution in [2.24, 2.45) is 0 Å². The van der Waals surface area contributed by atoms with Gasteiger partial charge in [0.05, 0.1) is 20.2 Å². The molecule has 21 heavy (non-hydrogen) atoms. The molecule has 0 atom stereocenters. The van der Waals surface area contributed by atoms with Crippen LogP contribution in [0.15, 0.2) is 18.2 Å². The standard InChI is InChI=1S/C16H23NO4/c1-20-15-12-13(5-7-16(18)19)4-6-14(15)21-11-10-17-8-2-3-9-17/h4,6,12H,2-3,5,7-11H2,1H3,(H,18,19). The Hall–Kier alpha value is -1.75. The van der Waals surface area contributed by atoms with E-state index in [0.717, 1.165) is 12.1 Å². The molecule has 0 radical (unpaired) electrons. The summed E-state index contributed by atoms with van der Waals surface area (Å²) in [4.78, 5) is 12.1. The Morgan fingerprint density at radius 1 is 1.29 bits per heavy atom. The van der Waals surface area contributed by atoms with E-state index in [0.29, 0.717) is 24.5 Å². The lowest BCUT2D eigenvalue weighted by Crippen LogP contribution is -3.10. The van der Waals surface area contributed by atoms with Crippen LogP contribution in [0.2, 0.25) is 0 Å². The first-order valence-corrected chi connectivity index (χ1v) is 7.52. The average Bonchev–Trinajstić information content (AvgIpc) is 2.99. The number of carbonyl (C=O) groups is 1. The molecule has 1 heterocycles. The van der Waals surface area contributed by atoms with Gasteiger partial charge in [-0.25, -0.2) is 0 Å². The van der Waals surface area contributed by atoms with Crippen molar-refractivity contribution in [3.8, 4) is 11.5 Å². The van der Waals surface area contributed by atoms with Crippen molar-refractivity contribution in [2.75, 3.05) is 33.4 Å². The minimum atomic E-state index is -1.04. The number of hydrogen-bond acceptors (Lipinski definition) is 4. The molecule has 0 unspecified atom stereocenters. The van der Waals surface area contributed by atoms with Gasteiger partial charge in [0.2, 0.25) is 0 Å². The van der Waals surface area contributed by atoms with Crippen LogP contribution >= 0.6 is 0 Å². The first-order chi connectivity index (χ1) is 10.2. The highest BCUT2D eigenvalue weighted by atomic mass is 16.5. The average molecular weight is 293 g/mol. The van der Waals surface area contributed by atoms with E-state index in [2.05, 4.69) is 0 Å². The van der Waals surface area contributed by atoms with Crippen molar-refractivity contribution < 1.29 is 24.3 Å². The Bertz CT molecular complexity index is 469. The topological polar surface area (TPSA) is 63.0 Å². The summed E-state index contributed by atoms with van der Waals surface area (Å²) in [5.74, 6) is 0.332. The predicted molar refractivity (Wildman–Crippen MR) is 76.6 cm³/mol. The van der Waals surface area contributed by atoms with Gasteiger partial charge in [0.25, 0.3) is 0 Å². The SMILES string of the molecule is COc1cc(CCC(=O)[O-])ccc1OCC[NH+]1CCCC1. The maximum atomic E-state index is 10.5. The quantitative estimate of drug-likeness (QED) is 0.697. The minimum Gasteiger partial charge on any atom is -0.550 e. The lowest BCUT2D eigenvalue weighted by atomic mass is 10.1. The second kappa shape index (κ2) is 7.88. The minimum absolute atomic E-state index is 0.0156. The summed E-state index contributed by atoms with van der Waals surface area (Å²) in [6.45, 7) is 4.16. The number of carbonyl (C=O) groups excluding carboxylic acids is 1. The van der Waals surface area contributed by atoms with Crippen molar-refractivity contribution in [3.05, 3.63) is 23.8 Å². The van der Waals surface area contributed by atoms with Gasteiger partial charge in [-0.3, -0.25) is 0 Å². The molecule has 1 aromatic carbocycles. The van der Waals surface area contributed by atoms with Crippen molar-refractivity contribution in [2.45, 2.75) is 25.7 Å². The van der Waals surface area contributed by atoms with Gasteiger partial charge in [-0.1, -0.05) is 6.07 Å². The van der Waals surface area contributed by atoms with E-state index in [9.17, 15) is 9.90 Å². The van der Waals surface area contributed by atoms with Gasteiger partial charge >= 0.3 is 0 Å². The number of rotatable bonds is 8. The van der Waals surface area contributed by atoms with Crippen molar-refractivity contribution >= 4 is 5.97 Å². The molecule has 1 fully saturated rings. The molecule has 5 nitrogen and oxygen atoms in total. The number of ether oxygens (including phenoxy) is 2. The third-order valence-corrected chi connectivity index (χ3v) is 3.87. The van der Waals surface area contributed by atoms with Crippen LogP contribution in [0.25, 0.3) is 0 Å². The van der Waals surface area contributed by atoms with Crippen molar-refractivity contribution in [1.29, 1.82) is 0 Å². The maximum absolute atomic E-state index is 10.5. The van der Waals surface area contributed by atoms with Gasteiger partial charge in [0.1, 0.15) is 13.2 Å². The molecule has 0 saturated carbocycles. The largest absolute Gasteiger partial charge is 0.550 e. The van der Waals surface area contributed by atoms with Crippen LogP contribution < -0.4 is 19.5 Å². The third-order valence-electron chi connectivity index (χ3n) is 3.87. The molecular weight excluding hydrogens is 270 g/mol. The highest BCUT2D eigenvalue weighted by Gasteiger charge is 2.15. The molecule has 2 rings (SSSR count). The molecule has 1 saturated heterocycles.